The summed E-state index contributed by atoms with van der Waals surface area (Å²) in [5.74, 6) is -0.374. The van der Waals surface area contributed by atoms with Gasteiger partial charge in [-0.25, -0.2) is 14.8 Å². The molecular weight excluding hydrogens is 398 g/mol. The van der Waals surface area contributed by atoms with Crippen LogP contribution in [0.3, 0.4) is 0 Å². The highest BCUT2D eigenvalue weighted by atomic mass is 16.4. The molecule has 4 aromatic rings. The molecule has 3 aromatic carbocycles. The highest BCUT2D eigenvalue weighted by Gasteiger charge is 2.24. The first kappa shape index (κ1) is 21.2. The minimum atomic E-state index is -0.920. The number of carboxylic acids is 1. The molecule has 0 fully saturated rings. The first-order valence-electron chi connectivity index (χ1n) is 10.6. The van der Waals surface area contributed by atoms with Crippen molar-refractivity contribution in [3.05, 3.63) is 108 Å². The Morgan fingerprint density at radius 3 is 2.06 bits per heavy atom. The molecule has 4 rings (SSSR count). The van der Waals surface area contributed by atoms with Crippen molar-refractivity contribution < 1.29 is 9.90 Å². The zero-order chi connectivity index (χ0) is 22.3. The van der Waals surface area contributed by atoms with Crippen LogP contribution in [-0.4, -0.2) is 27.1 Å². The summed E-state index contributed by atoms with van der Waals surface area (Å²) in [4.78, 5) is 22.3. The highest BCUT2D eigenvalue weighted by Crippen LogP contribution is 2.29. The first-order valence-corrected chi connectivity index (χ1v) is 10.6. The Morgan fingerprint density at radius 1 is 0.844 bits per heavy atom. The van der Waals surface area contributed by atoms with E-state index in [1.165, 1.54) is 17.5 Å². The molecule has 0 bridgehead atoms. The van der Waals surface area contributed by atoms with E-state index in [0.717, 1.165) is 29.8 Å². The van der Waals surface area contributed by atoms with E-state index in [4.69, 9.17) is 0 Å². The Bertz CT molecular complexity index is 1160. The maximum absolute atomic E-state index is 11.8. The topological polar surface area (TPSA) is 66.3 Å². The molecule has 0 amide bonds. The highest BCUT2D eigenvalue weighted by molar-refractivity contribution is 5.82. The van der Waals surface area contributed by atoms with Crippen molar-refractivity contribution >= 4 is 17.5 Å². The molecule has 1 heterocycles. The normalized spacial score (nSPS) is 11.7. The molecule has 0 saturated heterocycles. The van der Waals surface area contributed by atoms with Crippen molar-refractivity contribution in [1.29, 1.82) is 0 Å². The molecule has 0 unspecified atom stereocenters. The van der Waals surface area contributed by atoms with Gasteiger partial charge in [0.2, 0.25) is 0 Å². The van der Waals surface area contributed by atoms with Crippen molar-refractivity contribution in [2.75, 3.05) is 4.90 Å². The van der Waals surface area contributed by atoms with E-state index in [2.05, 4.69) is 58.5 Å². The Labute approximate surface area is 188 Å². The monoisotopic (exact) mass is 423 g/mol. The second-order valence-corrected chi connectivity index (χ2v) is 7.66. The number of para-hydroxylation sites is 1. The number of aryl methyl sites for hydroxylation is 2. The third kappa shape index (κ3) is 5.01. The van der Waals surface area contributed by atoms with Gasteiger partial charge in [-0.15, -0.1) is 0 Å². The summed E-state index contributed by atoms with van der Waals surface area (Å²) in [6, 6.07) is 29.3. The molecule has 0 spiro atoms. The van der Waals surface area contributed by atoms with E-state index >= 15 is 0 Å². The molecule has 32 heavy (non-hydrogen) atoms. The second-order valence-electron chi connectivity index (χ2n) is 7.66. The average Bonchev–Trinajstić information content (AvgIpc) is 2.85. The Balaban J connectivity index is 1.57. The fraction of sp³-hybridized carbons (Fsp3) is 0.148. The summed E-state index contributed by atoms with van der Waals surface area (Å²) in [5, 5.41) is 9.64. The zero-order valence-corrected chi connectivity index (χ0v) is 17.9. The van der Waals surface area contributed by atoms with Crippen LogP contribution in [0, 0.1) is 0 Å². The van der Waals surface area contributed by atoms with Crippen molar-refractivity contribution in [3.8, 4) is 11.3 Å². The van der Waals surface area contributed by atoms with Crippen molar-refractivity contribution in [2.24, 2.45) is 0 Å². The number of aromatic nitrogens is 2. The lowest BCUT2D eigenvalue weighted by Crippen LogP contribution is -2.36. The van der Waals surface area contributed by atoms with Gasteiger partial charge in [0.15, 0.2) is 0 Å². The minimum absolute atomic E-state index is 0.546. The Morgan fingerprint density at radius 2 is 1.44 bits per heavy atom. The molecule has 0 saturated carbocycles. The van der Waals surface area contributed by atoms with Gasteiger partial charge in [-0.1, -0.05) is 72.8 Å². The van der Waals surface area contributed by atoms with Gasteiger partial charge < -0.3 is 10.0 Å². The van der Waals surface area contributed by atoms with Crippen LogP contribution in [0.15, 0.2) is 97.3 Å². The third-order valence-corrected chi connectivity index (χ3v) is 5.47. The van der Waals surface area contributed by atoms with Crippen LogP contribution in [-0.2, 0) is 17.6 Å². The van der Waals surface area contributed by atoms with Gasteiger partial charge in [0.25, 0.3) is 0 Å². The lowest BCUT2D eigenvalue weighted by Gasteiger charge is -2.27. The fourth-order valence-corrected chi connectivity index (χ4v) is 3.67. The van der Waals surface area contributed by atoms with Gasteiger partial charge in [0.1, 0.15) is 18.2 Å². The van der Waals surface area contributed by atoms with Gasteiger partial charge in [-0.2, -0.15) is 0 Å². The molecule has 160 valence electrons. The Kier molecular flexibility index (Phi) is 6.56. The molecule has 1 aromatic heterocycles. The quantitative estimate of drug-likeness (QED) is 0.403. The third-order valence-electron chi connectivity index (χ3n) is 5.47. The molecule has 1 atom stereocenters. The number of aliphatic carboxylic acids is 1. The zero-order valence-electron chi connectivity index (χ0n) is 17.9. The smallest absolute Gasteiger partial charge is 0.326 e. The second kappa shape index (κ2) is 9.88. The van der Waals surface area contributed by atoms with E-state index in [9.17, 15) is 9.90 Å². The number of carbonyl (C=O) groups is 1. The Hall–Kier alpha value is -3.99. The summed E-state index contributed by atoms with van der Waals surface area (Å²) in [6.07, 6.45) is 3.45. The van der Waals surface area contributed by atoms with E-state index in [-0.39, 0.29) is 0 Å². The summed E-state index contributed by atoms with van der Waals surface area (Å²) < 4.78 is 0. The average molecular weight is 424 g/mol. The van der Waals surface area contributed by atoms with Crippen LogP contribution in [0.1, 0.15) is 18.1 Å². The van der Waals surface area contributed by atoms with Gasteiger partial charge in [0.05, 0.1) is 5.69 Å². The van der Waals surface area contributed by atoms with Crippen molar-refractivity contribution in [3.63, 3.8) is 0 Å². The van der Waals surface area contributed by atoms with E-state index < -0.39 is 12.0 Å². The summed E-state index contributed by atoms with van der Waals surface area (Å²) in [5.41, 5.74) is 5.07. The van der Waals surface area contributed by atoms with Crippen LogP contribution >= 0.6 is 0 Å². The van der Waals surface area contributed by atoms with Crippen LogP contribution in [0.2, 0.25) is 0 Å². The van der Waals surface area contributed by atoms with Gasteiger partial charge >= 0.3 is 5.97 Å². The predicted octanol–water partition coefficient (Wildman–Crippen LogP) is 5.54. The molecule has 1 N–H and O–H groups in total. The van der Waals surface area contributed by atoms with Crippen LogP contribution in [0.5, 0.6) is 0 Å². The van der Waals surface area contributed by atoms with E-state index in [1.54, 1.807) is 11.8 Å². The van der Waals surface area contributed by atoms with Gasteiger partial charge in [-0.05, 0) is 43.0 Å². The lowest BCUT2D eigenvalue weighted by atomic mass is 10.0. The number of carboxylic acid groups (broad SMARTS) is 1. The van der Waals surface area contributed by atoms with Crippen molar-refractivity contribution in [1.82, 2.24) is 9.97 Å². The number of anilines is 2. The number of hydrogen-bond acceptors (Lipinski definition) is 4. The molecule has 0 aliphatic rings. The SMILES string of the molecule is C[C@@H](C(=O)O)N(c1ccccc1)c1cc(-c2ccc(CCc3ccccc3)cc2)ncn1. The number of nitrogens with zero attached hydrogens (tertiary/aromatic N) is 3. The minimum Gasteiger partial charge on any atom is -0.480 e. The summed E-state index contributed by atoms with van der Waals surface area (Å²) in [6.45, 7) is 1.65. The molecular formula is C27H25N3O2. The fourth-order valence-electron chi connectivity index (χ4n) is 3.67. The lowest BCUT2D eigenvalue weighted by molar-refractivity contribution is -0.138. The number of benzene rings is 3. The summed E-state index contributed by atoms with van der Waals surface area (Å²) >= 11 is 0. The summed E-state index contributed by atoms with van der Waals surface area (Å²) in [7, 11) is 0. The molecule has 5 heteroatoms. The molecule has 0 aliphatic heterocycles. The van der Waals surface area contributed by atoms with Gasteiger partial charge in [-0.3, -0.25) is 0 Å². The van der Waals surface area contributed by atoms with E-state index in [1.807, 2.05) is 42.5 Å². The van der Waals surface area contributed by atoms with Crippen LogP contribution in [0.4, 0.5) is 11.5 Å². The van der Waals surface area contributed by atoms with Crippen LogP contribution in [0.25, 0.3) is 11.3 Å². The molecule has 0 radical (unpaired) electrons. The maximum Gasteiger partial charge on any atom is 0.326 e. The predicted molar refractivity (Wildman–Crippen MR) is 127 cm³/mol. The van der Waals surface area contributed by atoms with Crippen LogP contribution < -0.4 is 4.90 Å². The van der Waals surface area contributed by atoms with Crippen molar-refractivity contribution in [2.45, 2.75) is 25.8 Å². The molecule has 0 aliphatic carbocycles. The largest absolute Gasteiger partial charge is 0.480 e. The first-order chi connectivity index (χ1) is 15.6. The molecule has 5 nitrogen and oxygen atoms in total. The standard InChI is InChI=1S/C27H25N3O2/c1-20(27(31)32)30(24-10-6-3-7-11-24)26-18-25(28-19-29-26)23-16-14-22(15-17-23)13-12-21-8-4-2-5-9-21/h2-11,14-20H,12-13H2,1H3,(H,31,32)/t20-/m0/s1. The van der Waals surface area contributed by atoms with Gasteiger partial charge in [0, 0.05) is 17.3 Å². The maximum atomic E-state index is 11.8. The number of hydrogen-bond donors (Lipinski definition) is 1. The number of rotatable bonds is 8. The van der Waals surface area contributed by atoms with E-state index in [0.29, 0.717) is 5.82 Å².